The molecule has 0 saturated carbocycles. The van der Waals surface area contributed by atoms with Gasteiger partial charge in [0, 0.05) is 29.8 Å². The molecule has 0 aliphatic carbocycles. The number of ether oxygens (including phenoxy) is 2. The van der Waals surface area contributed by atoms with Crippen molar-refractivity contribution >= 4 is 22.6 Å². The topological polar surface area (TPSA) is 97.6 Å². The lowest BCUT2D eigenvalue weighted by Crippen LogP contribution is -2.03. The molecule has 0 saturated heterocycles. The van der Waals surface area contributed by atoms with Gasteiger partial charge in [0.15, 0.2) is 0 Å². The Hall–Kier alpha value is -2.99. The van der Waals surface area contributed by atoms with Gasteiger partial charge in [-0.05, 0) is 29.8 Å². The highest BCUT2D eigenvalue weighted by molar-refractivity contribution is 6.07. The molecule has 0 aliphatic heterocycles. The Kier molecular flexibility index (Phi) is 4.39. The van der Waals surface area contributed by atoms with E-state index in [0.29, 0.717) is 35.7 Å². The average molecular weight is 326 g/mol. The van der Waals surface area contributed by atoms with Crippen LogP contribution in [0, 0.1) is 0 Å². The van der Waals surface area contributed by atoms with E-state index in [1.165, 1.54) is 0 Å². The number of nitrogen functional groups attached to an aromatic ring is 1. The quantitative estimate of drug-likeness (QED) is 0.477. The number of rotatable bonds is 6. The Labute approximate surface area is 138 Å². The van der Waals surface area contributed by atoms with Crippen molar-refractivity contribution in [1.82, 2.24) is 4.98 Å². The Bertz CT molecular complexity index is 869. The van der Waals surface area contributed by atoms with Gasteiger partial charge in [-0.3, -0.25) is 0 Å². The number of nitrogens with one attached hydrogen (secondary N) is 1. The van der Waals surface area contributed by atoms with Crippen molar-refractivity contribution < 1.29 is 19.4 Å². The third-order valence-electron chi connectivity index (χ3n) is 3.74. The SMILES string of the molecule is COCCOc1ccc2c(-c3ccc(N)cc3)c(C(=O)O)[nH]c2c1. The van der Waals surface area contributed by atoms with Gasteiger partial charge in [0.1, 0.15) is 18.1 Å². The van der Waals surface area contributed by atoms with Gasteiger partial charge in [-0.15, -0.1) is 0 Å². The molecular weight excluding hydrogens is 308 g/mol. The lowest BCUT2D eigenvalue weighted by atomic mass is 10.0. The number of H-pyrrole nitrogens is 1. The first kappa shape index (κ1) is 15.9. The molecule has 3 aromatic rings. The lowest BCUT2D eigenvalue weighted by molar-refractivity contribution is 0.0692. The molecular formula is C18H18N2O4. The van der Waals surface area contributed by atoms with Gasteiger partial charge in [0.2, 0.25) is 0 Å². The van der Waals surface area contributed by atoms with Crippen molar-refractivity contribution in [3.63, 3.8) is 0 Å². The minimum Gasteiger partial charge on any atom is -0.491 e. The second-order valence-corrected chi connectivity index (χ2v) is 5.35. The largest absolute Gasteiger partial charge is 0.491 e. The minimum atomic E-state index is -1.01. The number of aromatic carboxylic acids is 1. The van der Waals surface area contributed by atoms with Gasteiger partial charge in [0.25, 0.3) is 0 Å². The zero-order valence-electron chi connectivity index (χ0n) is 13.2. The standard InChI is InChI=1S/C18H18N2O4/c1-23-8-9-24-13-6-7-14-15(10-13)20-17(18(21)22)16(14)11-2-4-12(19)5-3-11/h2-7,10,20H,8-9,19H2,1H3,(H,21,22). The van der Waals surface area contributed by atoms with Crippen LogP contribution < -0.4 is 10.5 Å². The summed E-state index contributed by atoms with van der Waals surface area (Å²) in [7, 11) is 1.61. The average Bonchev–Trinajstić information content (AvgIpc) is 2.95. The molecule has 1 heterocycles. The number of hydrogen-bond acceptors (Lipinski definition) is 4. The van der Waals surface area contributed by atoms with Crippen LogP contribution in [0.2, 0.25) is 0 Å². The predicted octanol–water partition coefficient (Wildman–Crippen LogP) is 3.14. The fourth-order valence-corrected chi connectivity index (χ4v) is 2.62. The normalized spacial score (nSPS) is 10.9. The summed E-state index contributed by atoms with van der Waals surface area (Å²) in [6.07, 6.45) is 0. The molecule has 0 atom stereocenters. The van der Waals surface area contributed by atoms with Crippen LogP contribution in [0.15, 0.2) is 42.5 Å². The van der Waals surface area contributed by atoms with E-state index in [4.69, 9.17) is 15.2 Å². The fourth-order valence-electron chi connectivity index (χ4n) is 2.62. The monoisotopic (exact) mass is 326 g/mol. The zero-order valence-corrected chi connectivity index (χ0v) is 13.2. The van der Waals surface area contributed by atoms with E-state index in [1.807, 2.05) is 24.3 Å². The van der Waals surface area contributed by atoms with Crippen LogP contribution in [0.5, 0.6) is 5.75 Å². The van der Waals surface area contributed by atoms with Crippen molar-refractivity contribution in [3.05, 3.63) is 48.2 Å². The van der Waals surface area contributed by atoms with Crippen molar-refractivity contribution in [3.8, 4) is 16.9 Å². The molecule has 0 aliphatic rings. The maximum atomic E-state index is 11.6. The molecule has 0 spiro atoms. The molecule has 24 heavy (non-hydrogen) atoms. The number of nitrogens with two attached hydrogens (primary N) is 1. The molecule has 1 aromatic heterocycles. The van der Waals surface area contributed by atoms with Crippen molar-refractivity contribution in [2.24, 2.45) is 0 Å². The van der Waals surface area contributed by atoms with E-state index in [0.717, 1.165) is 10.9 Å². The second kappa shape index (κ2) is 6.64. The highest BCUT2D eigenvalue weighted by Crippen LogP contribution is 2.34. The van der Waals surface area contributed by atoms with Crippen LogP contribution in [0.1, 0.15) is 10.5 Å². The predicted molar refractivity (Wildman–Crippen MR) is 92.5 cm³/mol. The molecule has 124 valence electrons. The maximum Gasteiger partial charge on any atom is 0.352 e. The highest BCUT2D eigenvalue weighted by Gasteiger charge is 2.18. The number of carboxylic acid groups (broad SMARTS) is 1. The van der Waals surface area contributed by atoms with Crippen LogP contribution in [-0.4, -0.2) is 36.4 Å². The Balaban J connectivity index is 2.08. The third kappa shape index (κ3) is 3.04. The van der Waals surface area contributed by atoms with E-state index in [1.54, 1.807) is 25.3 Å². The summed E-state index contributed by atoms with van der Waals surface area (Å²) in [6.45, 7) is 0.916. The third-order valence-corrected chi connectivity index (χ3v) is 3.74. The highest BCUT2D eigenvalue weighted by atomic mass is 16.5. The first-order valence-electron chi connectivity index (χ1n) is 7.47. The summed E-state index contributed by atoms with van der Waals surface area (Å²) < 4.78 is 10.5. The van der Waals surface area contributed by atoms with Crippen LogP contribution >= 0.6 is 0 Å². The number of hydrogen-bond donors (Lipinski definition) is 3. The van der Waals surface area contributed by atoms with Gasteiger partial charge < -0.3 is 25.3 Å². The first-order valence-corrected chi connectivity index (χ1v) is 7.47. The van der Waals surface area contributed by atoms with Crippen LogP contribution in [0.4, 0.5) is 5.69 Å². The smallest absolute Gasteiger partial charge is 0.352 e. The number of methoxy groups -OCH3 is 1. The summed E-state index contributed by atoms with van der Waals surface area (Å²) in [4.78, 5) is 14.6. The Morgan fingerprint density at radius 3 is 2.58 bits per heavy atom. The number of aromatic amines is 1. The van der Waals surface area contributed by atoms with E-state index in [2.05, 4.69) is 4.98 Å². The first-order chi connectivity index (χ1) is 11.6. The lowest BCUT2D eigenvalue weighted by Gasteiger charge is -2.06. The Morgan fingerprint density at radius 1 is 1.17 bits per heavy atom. The zero-order chi connectivity index (χ0) is 17.1. The van der Waals surface area contributed by atoms with E-state index >= 15 is 0 Å². The van der Waals surface area contributed by atoms with E-state index in [9.17, 15) is 9.90 Å². The summed E-state index contributed by atoms with van der Waals surface area (Å²) in [5.41, 5.74) is 8.62. The second-order valence-electron chi connectivity index (χ2n) is 5.35. The number of aromatic nitrogens is 1. The molecule has 0 bridgehead atoms. The molecule has 4 N–H and O–H groups in total. The molecule has 0 unspecified atom stereocenters. The van der Waals surface area contributed by atoms with E-state index in [-0.39, 0.29) is 5.69 Å². The van der Waals surface area contributed by atoms with Crippen LogP contribution in [0.3, 0.4) is 0 Å². The van der Waals surface area contributed by atoms with Crippen molar-refractivity contribution in [2.75, 3.05) is 26.1 Å². The summed E-state index contributed by atoms with van der Waals surface area (Å²) in [5.74, 6) is -0.360. The molecule has 2 aromatic carbocycles. The van der Waals surface area contributed by atoms with Crippen molar-refractivity contribution in [1.29, 1.82) is 0 Å². The molecule has 0 amide bonds. The molecule has 6 nitrogen and oxygen atoms in total. The van der Waals surface area contributed by atoms with Crippen LogP contribution in [0.25, 0.3) is 22.0 Å². The summed E-state index contributed by atoms with van der Waals surface area (Å²) >= 11 is 0. The van der Waals surface area contributed by atoms with Crippen molar-refractivity contribution in [2.45, 2.75) is 0 Å². The van der Waals surface area contributed by atoms with Gasteiger partial charge in [-0.25, -0.2) is 4.79 Å². The number of carboxylic acids is 1. The van der Waals surface area contributed by atoms with Crippen LogP contribution in [-0.2, 0) is 4.74 Å². The minimum absolute atomic E-state index is 0.142. The summed E-state index contributed by atoms with van der Waals surface area (Å²) in [6, 6.07) is 12.6. The Morgan fingerprint density at radius 2 is 1.92 bits per heavy atom. The number of benzene rings is 2. The fraction of sp³-hybridized carbons (Fsp3) is 0.167. The van der Waals surface area contributed by atoms with Gasteiger partial charge in [-0.2, -0.15) is 0 Å². The van der Waals surface area contributed by atoms with Gasteiger partial charge >= 0.3 is 5.97 Å². The molecule has 3 rings (SSSR count). The molecule has 0 radical (unpaired) electrons. The van der Waals surface area contributed by atoms with E-state index < -0.39 is 5.97 Å². The van der Waals surface area contributed by atoms with Gasteiger partial charge in [-0.1, -0.05) is 12.1 Å². The number of carbonyl (C=O) groups is 1. The summed E-state index contributed by atoms with van der Waals surface area (Å²) in [5, 5.41) is 10.3. The van der Waals surface area contributed by atoms with Gasteiger partial charge in [0.05, 0.1) is 12.1 Å². The molecule has 6 heteroatoms. The maximum absolute atomic E-state index is 11.6. The molecule has 0 fully saturated rings. The number of fused-ring (bicyclic) bond motifs is 1. The number of anilines is 1.